The first-order valence-corrected chi connectivity index (χ1v) is 8.53. The summed E-state index contributed by atoms with van der Waals surface area (Å²) in [6.07, 6.45) is 1.58. The highest BCUT2D eigenvalue weighted by Crippen LogP contribution is 2.31. The second-order valence-corrected chi connectivity index (χ2v) is 5.81. The molecule has 3 aromatic rings. The van der Waals surface area contributed by atoms with Crippen LogP contribution in [0.4, 0.5) is 17.2 Å². The number of ether oxygens (including phenoxy) is 3. The Balaban J connectivity index is 1.71. The first-order chi connectivity index (χ1) is 13.6. The quantitative estimate of drug-likeness (QED) is 0.643. The molecule has 7 nitrogen and oxygen atoms in total. The summed E-state index contributed by atoms with van der Waals surface area (Å²) in [6, 6.07) is 15.9. The molecule has 144 valence electrons. The van der Waals surface area contributed by atoms with Crippen molar-refractivity contribution in [3.63, 3.8) is 0 Å². The van der Waals surface area contributed by atoms with Gasteiger partial charge in [-0.05, 0) is 42.5 Å². The predicted molar refractivity (Wildman–Crippen MR) is 108 cm³/mol. The number of rotatable bonds is 7. The molecule has 3 rings (SSSR count). The van der Waals surface area contributed by atoms with Crippen LogP contribution in [0.25, 0.3) is 0 Å². The maximum absolute atomic E-state index is 12.4. The van der Waals surface area contributed by atoms with E-state index in [-0.39, 0.29) is 5.91 Å². The van der Waals surface area contributed by atoms with Gasteiger partial charge in [-0.3, -0.25) is 4.79 Å². The van der Waals surface area contributed by atoms with E-state index in [1.807, 2.05) is 18.2 Å². The Labute approximate surface area is 163 Å². The lowest BCUT2D eigenvalue weighted by molar-refractivity contribution is 0.102. The highest BCUT2D eigenvalue weighted by molar-refractivity contribution is 6.04. The molecule has 0 saturated heterocycles. The van der Waals surface area contributed by atoms with E-state index >= 15 is 0 Å². The van der Waals surface area contributed by atoms with E-state index in [1.54, 1.807) is 63.9 Å². The Kier molecular flexibility index (Phi) is 5.96. The number of hydrogen-bond acceptors (Lipinski definition) is 6. The molecule has 2 N–H and O–H groups in total. The zero-order chi connectivity index (χ0) is 19.9. The first kappa shape index (κ1) is 19.0. The molecule has 0 spiro atoms. The van der Waals surface area contributed by atoms with Gasteiger partial charge in [0.15, 0.2) is 0 Å². The number of carbonyl (C=O) groups is 1. The lowest BCUT2D eigenvalue weighted by Gasteiger charge is -2.12. The predicted octanol–water partition coefficient (Wildman–Crippen LogP) is 4.10. The number of carbonyl (C=O) groups excluding carboxylic acids is 1. The van der Waals surface area contributed by atoms with Gasteiger partial charge >= 0.3 is 0 Å². The number of benzene rings is 2. The minimum Gasteiger partial charge on any atom is -0.497 e. The van der Waals surface area contributed by atoms with Crippen molar-refractivity contribution in [1.82, 2.24) is 4.98 Å². The van der Waals surface area contributed by atoms with Gasteiger partial charge in [0.25, 0.3) is 5.91 Å². The molecule has 0 aliphatic carbocycles. The van der Waals surface area contributed by atoms with Crippen LogP contribution in [0.2, 0.25) is 0 Å². The van der Waals surface area contributed by atoms with Crippen LogP contribution >= 0.6 is 0 Å². The fourth-order valence-corrected chi connectivity index (χ4v) is 2.56. The Morgan fingerprint density at radius 1 is 0.893 bits per heavy atom. The van der Waals surface area contributed by atoms with Crippen LogP contribution in [0, 0.1) is 0 Å². The molecule has 28 heavy (non-hydrogen) atoms. The average molecular weight is 379 g/mol. The molecule has 2 aromatic carbocycles. The van der Waals surface area contributed by atoms with Gasteiger partial charge < -0.3 is 24.8 Å². The molecule has 0 atom stereocenters. The number of nitrogens with one attached hydrogen (secondary N) is 2. The summed E-state index contributed by atoms with van der Waals surface area (Å²) in [4.78, 5) is 16.7. The van der Waals surface area contributed by atoms with Gasteiger partial charge in [-0.25, -0.2) is 4.98 Å². The van der Waals surface area contributed by atoms with Crippen molar-refractivity contribution in [2.45, 2.75) is 0 Å². The zero-order valence-corrected chi connectivity index (χ0v) is 15.9. The molecule has 0 aliphatic rings. The van der Waals surface area contributed by atoms with Crippen LogP contribution in [-0.4, -0.2) is 32.2 Å². The summed E-state index contributed by atoms with van der Waals surface area (Å²) in [7, 11) is 4.76. The zero-order valence-electron chi connectivity index (χ0n) is 15.9. The molecule has 1 heterocycles. The average Bonchev–Trinajstić information content (AvgIpc) is 2.75. The lowest BCUT2D eigenvalue weighted by Crippen LogP contribution is -2.12. The third-order valence-electron chi connectivity index (χ3n) is 4.02. The second-order valence-electron chi connectivity index (χ2n) is 5.81. The summed E-state index contributed by atoms with van der Waals surface area (Å²) in [6.45, 7) is 0. The first-order valence-electron chi connectivity index (χ1n) is 8.53. The van der Waals surface area contributed by atoms with Crippen LogP contribution in [0.3, 0.4) is 0 Å². The van der Waals surface area contributed by atoms with E-state index in [0.29, 0.717) is 34.3 Å². The Hall–Kier alpha value is -3.74. The van der Waals surface area contributed by atoms with Gasteiger partial charge in [0.2, 0.25) is 0 Å². The van der Waals surface area contributed by atoms with Crippen LogP contribution in [0.1, 0.15) is 10.4 Å². The van der Waals surface area contributed by atoms with E-state index < -0.39 is 0 Å². The number of anilines is 3. The molecule has 0 radical (unpaired) electrons. The SMILES string of the molecule is COc1cccc(C(=O)Nc2ccc(Nc3cc(OC)ccc3OC)nc2)c1. The van der Waals surface area contributed by atoms with Crippen molar-refractivity contribution in [1.29, 1.82) is 0 Å². The van der Waals surface area contributed by atoms with Gasteiger partial charge in [-0.15, -0.1) is 0 Å². The van der Waals surface area contributed by atoms with Crippen molar-refractivity contribution in [3.05, 3.63) is 66.4 Å². The second kappa shape index (κ2) is 8.77. The lowest BCUT2D eigenvalue weighted by atomic mass is 10.2. The molecule has 1 amide bonds. The normalized spacial score (nSPS) is 10.1. The van der Waals surface area contributed by atoms with E-state index in [4.69, 9.17) is 14.2 Å². The molecule has 0 saturated carbocycles. The van der Waals surface area contributed by atoms with Gasteiger partial charge in [0.05, 0.1) is 38.9 Å². The third-order valence-corrected chi connectivity index (χ3v) is 4.02. The van der Waals surface area contributed by atoms with Gasteiger partial charge in [-0.2, -0.15) is 0 Å². The number of nitrogens with zero attached hydrogens (tertiary/aromatic N) is 1. The fraction of sp³-hybridized carbons (Fsp3) is 0.143. The number of pyridine rings is 1. The summed E-state index contributed by atoms with van der Waals surface area (Å²) in [5.41, 5.74) is 1.81. The van der Waals surface area contributed by atoms with Gasteiger partial charge in [-0.1, -0.05) is 6.07 Å². The highest BCUT2D eigenvalue weighted by atomic mass is 16.5. The summed E-state index contributed by atoms with van der Waals surface area (Å²) in [5.74, 6) is 2.35. The maximum Gasteiger partial charge on any atom is 0.255 e. The Morgan fingerprint density at radius 3 is 2.36 bits per heavy atom. The minimum absolute atomic E-state index is 0.240. The molecule has 0 fully saturated rings. The number of aromatic nitrogens is 1. The highest BCUT2D eigenvalue weighted by Gasteiger charge is 2.09. The van der Waals surface area contributed by atoms with Crippen molar-refractivity contribution < 1.29 is 19.0 Å². The summed E-state index contributed by atoms with van der Waals surface area (Å²) in [5, 5.41) is 5.99. The Bertz CT molecular complexity index is 958. The monoisotopic (exact) mass is 379 g/mol. The number of hydrogen-bond donors (Lipinski definition) is 2. The molecule has 7 heteroatoms. The standard InChI is InChI=1S/C21H21N3O4/c1-26-16-6-4-5-14(11-16)21(25)23-15-7-10-20(22-13-15)24-18-12-17(27-2)8-9-19(18)28-3/h4-13H,1-3H3,(H,22,24)(H,23,25). The van der Waals surface area contributed by atoms with Crippen LogP contribution in [0.15, 0.2) is 60.8 Å². The largest absolute Gasteiger partial charge is 0.497 e. The number of methoxy groups -OCH3 is 3. The maximum atomic E-state index is 12.4. The topological polar surface area (TPSA) is 81.7 Å². The van der Waals surface area contributed by atoms with Crippen molar-refractivity contribution in [2.75, 3.05) is 32.0 Å². The Morgan fingerprint density at radius 2 is 1.68 bits per heavy atom. The fourth-order valence-electron chi connectivity index (χ4n) is 2.56. The van der Waals surface area contributed by atoms with Gasteiger partial charge in [0.1, 0.15) is 23.1 Å². The van der Waals surface area contributed by atoms with Crippen LogP contribution in [-0.2, 0) is 0 Å². The van der Waals surface area contributed by atoms with Crippen LogP contribution < -0.4 is 24.8 Å². The molecule has 0 aliphatic heterocycles. The molecule has 0 bridgehead atoms. The number of amides is 1. The van der Waals surface area contributed by atoms with Gasteiger partial charge in [0, 0.05) is 11.6 Å². The third kappa shape index (κ3) is 4.50. The smallest absolute Gasteiger partial charge is 0.255 e. The minimum atomic E-state index is -0.240. The van der Waals surface area contributed by atoms with Crippen molar-refractivity contribution in [3.8, 4) is 17.2 Å². The summed E-state index contributed by atoms with van der Waals surface area (Å²) >= 11 is 0. The van der Waals surface area contributed by atoms with Crippen LogP contribution in [0.5, 0.6) is 17.2 Å². The molecule has 1 aromatic heterocycles. The van der Waals surface area contributed by atoms with E-state index in [2.05, 4.69) is 15.6 Å². The van der Waals surface area contributed by atoms with E-state index in [9.17, 15) is 4.79 Å². The van der Waals surface area contributed by atoms with Crippen molar-refractivity contribution in [2.24, 2.45) is 0 Å². The van der Waals surface area contributed by atoms with E-state index in [1.165, 1.54) is 0 Å². The molecular weight excluding hydrogens is 358 g/mol. The molecule has 0 unspecified atom stereocenters. The van der Waals surface area contributed by atoms with Crippen molar-refractivity contribution >= 4 is 23.1 Å². The molecular formula is C21H21N3O4. The summed E-state index contributed by atoms with van der Waals surface area (Å²) < 4.78 is 15.7. The van der Waals surface area contributed by atoms with E-state index in [0.717, 1.165) is 5.69 Å².